The Kier molecular flexibility index (Phi) is 3.76. The molecule has 4 heteroatoms. The Hall–Kier alpha value is -1.78. The summed E-state index contributed by atoms with van der Waals surface area (Å²) in [5, 5.41) is 13.8. The highest BCUT2D eigenvalue weighted by Crippen LogP contribution is 2.32. The summed E-state index contributed by atoms with van der Waals surface area (Å²) >= 11 is 0. The molecule has 2 N–H and O–H groups in total. The number of halogens is 1. The van der Waals surface area contributed by atoms with Crippen LogP contribution in [0.1, 0.15) is 36.1 Å². The first-order chi connectivity index (χ1) is 9.74. The van der Waals surface area contributed by atoms with Gasteiger partial charge in [-0.1, -0.05) is 18.2 Å². The number of nitrogens with zero attached hydrogens (tertiary/aromatic N) is 1. The third-order valence-electron chi connectivity index (χ3n) is 3.84. The lowest BCUT2D eigenvalue weighted by Crippen LogP contribution is -2.30. The van der Waals surface area contributed by atoms with Crippen LogP contribution in [-0.4, -0.2) is 16.1 Å². The van der Waals surface area contributed by atoms with Crippen molar-refractivity contribution < 1.29 is 9.50 Å². The molecule has 3 atom stereocenters. The van der Waals surface area contributed by atoms with Gasteiger partial charge in [0.2, 0.25) is 0 Å². The predicted molar refractivity (Wildman–Crippen MR) is 74.5 cm³/mol. The van der Waals surface area contributed by atoms with Crippen LogP contribution in [0, 0.1) is 5.82 Å². The molecule has 0 amide bonds. The molecule has 1 fully saturated rings. The van der Waals surface area contributed by atoms with Crippen LogP contribution in [0.15, 0.2) is 48.8 Å². The van der Waals surface area contributed by atoms with Gasteiger partial charge in [-0.05, 0) is 42.2 Å². The van der Waals surface area contributed by atoms with E-state index in [0.29, 0.717) is 5.56 Å². The first kappa shape index (κ1) is 13.2. The second kappa shape index (κ2) is 5.69. The number of aliphatic hydroxyl groups is 1. The highest BCUT2D eigenvalue weighted by atomic mass is 19.1. The number of hydrogen-bond acceptors (Lipinski definition) is 3. The number of aromatic nitrogens is 1. The SMILES string of the molecule is O[C@@H](c1cccc(F)c1)[C@H]1CC[C@@H](c2cccnc2)N1. The van der Waals surface area contributed by atoms with Gasteiger partial charge in [-0.25, -0.2) is 4.39 Å². The van der Waals surface area contributed by atoms with Crippen molar-refractivity contribution in [2.75, 3.05) is 0 Å². The van der Waals surface area contributed by atoms with Gasteiger partial charge >= 0.3 is 0 Å². The highest BCUT2D eigenvalue weighted by Gasteiger charge is 2.30. The Labute approximate surface area is 117 Å². The first-order valence-electron chi connectivity index (χ1n) is 6.83. The maximum Gasteiger partial charge on any atom is 0.123 e. The van der Waals surface area contributed by atoms with Crippen LogP contribution in [0.3, 0.4) is 0 Å². The summed E-state index contributed by atoms with van der Waals surface area (Å²) in [5.74, 6) is -0.316. The summed E-state index contributed by atoms with van der Waals surface area (Å²) < 4.78 is 13.2. The third kappa shape index (κ3) is 2.71. The Morgan fingerprint density at radius 1 is 1.25 bits per heavy atom. The van der Waals surface area contributed by atoms with Crippen molar-refractivity contribution in [3.63, 3.8) is 0 Å². The van der Waals surface area contributed by atoms with Crippen LogP contribution in [0.2, 0.25) is 0 Å². The molecule has 1 aromatic carbocycles. The van der Waals surface area contributed by atoms with E-state index in [4.69, 9.17) is 0 Å². The topological polar surface area (TPSA) is 45.2 Å². The minimum Gasteiger partial charge on any atom is -0.387 e. The first-order valence-corrected chi connectivity index (χ1v) is 6.83. The van der Waals surface area contributed by atoms with Crippen molar-refractivity contribution in [3.8, 4) is 0 Å². The Balaban J connectivity index is 1.71. The average molecular weight is 272 g/mol. The molecule has 0 bridgehead atoms. The molecule has 1 aromatic heterocycles. The smallest absolute Gasteiger partial charge is 0.123 e. The molecule has 1 saturated heterocycles. The minimum atomic E-state index is -0.688. The van der Waals surface area contributed by atoms with Crippen LogP contribution in [0.4, 0.5) is 4.39 Å². The number of nitrogens with one attached hydrogen (secondary N) is 1. The maximum atomic E-state index is 13.2. The fraction of sp³-hybridized carbons (Fsp3) is 0.312. The van der Waals surface area contributed by atoms with Gasteiger partial charge in [-0.15, -0.1) is 0 Å². The van der Waals surface area contributed by atoms with Crippen LogP contribution in [0.25, 0.3) is 0 Å². The molecule has 1 aliphatic rings. The molecular formula is C16H17FN2O. The fourth-order valence-corrected chi connectivity index (χ4v) is 2.79. The Morgan fingerprint density at radius 2 is 2.15 bits per heavy atom. The number of pyridine rings is 1. The lowest BCUT2D eigenvalue weighted by atomic mass is 10.0. The van der Waals surface area contributed by atoms with Gasteiger partial charge in [0, 0.05) is 24.5 Å². The van der Waals surface area contributed by atoms with E-state index in [1.807, 2.05) is 18.3 Å². The zero-order valence-electron chi connectivity index (χ0n) is 11.0. The van der Waals surface area contributed by atoms with Crippen molar-refractivity contribution in [2.24, 2.45) is 0 Å². The predicted octanol–water partition coefficient (Wildman–Crippen LogP) is 2.75. The van der Waals surface area contributed by atoms with Crippen molar-refractivity contribution in [1.29, 1.82) is 0 Å². The van der Waals surface area contributed by atoms with E-state index < -0.39 is 6.10 Å². The molecular weight excluding hydrogens is 255 g/mol. The van der Waals surface area contributed by atoms with Crippen molar-refractivity contribution in [2.45, 2.75) is 31.0 Å². The fourth-order valence-electron chi connectivity index (χ4n) is 2.79. The van der Waals surface area contributed by atoms with E-state index in [2.05, 4.69) is 10.3 Å². The monoisotopic (exact) mass is 272 g/mol. The number of benzene rings is 1. The zero-order chi connectivity index (χ0) is 13.9. The van der Waals surface area contributed by atoms with Crippen molar-refractivity contribution >= 4 is 0 Å². The largest absolute Gasteiger partial charge is 0.387 e. The molecule has 2 aromatic rings. The molecule has 3 nitrogen and oxygen atoms in total. The second-order valence-corrected chi connectivity index (χ2v) is 5.19. The van der Waals surface area contributed by atoms with Gasteiger partial charge in [0.15, 0.2) is 0 Å². The van der Waals surface area contributed by atoms with E-state index in [-0.39, 0.29) is 17.9 Å². The molecule has 20 heavy (non-hydrogen) atoms. The lowest BCUT2D eigenvalue weighted by molar-refractivity contribution is 0.135. The second-order valence-electron chi connectivity index (χ2n) is 5.19. The van der Waals surface area contributed by atoms with Crippen LogP contribution < -0.4 is 5.32 Å². The van der Waals surface area contributed by atoms with Crippen LogP contribution in [-0.2, 0) is 0 Å². The minimum absolute atomic E-state index is 0.0537. The van der Waals surface area contributed by atoms with E-state index in [9.17, 15) is 9.50 Å². The van der Waals surface area contributed by atoms with Gasteiger partial charge < -0.3 is 10.4 Å². The van der Waals surface area contributed by atoms with E-state index in [1.165, 1.54) is 12.1 Å². The van der Waals surface area contributed by atoms with E-state index >= 15 is 0 Å². The number of rotatable bonds is 3. The summed E-state index contributed by atoms with van der Waals surface area (Å²) in [4.78, 5) is 4.12. The Morgan fingerprint density at radius 3 is 2.90 bits per heavy atom. The zero-order valence-corrected chi connectivity index (χ0v) is 11.0. The summed E-state index contributed by atoms with van der Waals surface area (Å²) in [6, 6.07) is 10.3. The number of hydrogen-bond donors (Lipinski definition) is 2. The van der Waals surface area contributed by atoms with E-state index in [1.54, 1.807) is 18.3 Å². The number of aliphatic hydroxyl groups excluding tert-OH is 1. The summed E-state index contributed by atoms with van der Waals surface area (Å²) in [6.07, 6.45) is 4.71. The third-order valence-corrected chi connectivity index (χ3v) is 3.84. The molecule has 2 heterocycles. The van der Waals surface area contributed by atoms with Gasteiger partial charge in [-0.3, -0.25) is 4.98 Å². The highest BCUT2D eigenvalue weighted by molar-refractivity contribution is 5.22. The molecule has 0 saturated carbocycles. The Bertz CT molecular complexity index is 576. The van der Waals surface area contributed by atoms with Gasteiger partial charge in [0.1, 0.15) is 5.82 Å². The van der Waals surface area contributed by atoms with Crippen molar-refractivity contribution in [3.05, 3.63) is 65.7 Å². The molecule has 1 aliphatic heterocycles. The van der Waals surface area contributed by atoms with Crippen LogP contribution >= 0.6 is 0 Å². The standard InChI is InChI=1S/C16H17FN2O/c17-13-5-1-3-11(9-13)16(20)15-7-6-14(19-15)12-4-2-8-18-10-12/h1-5,8-10,14-16,19-20H,6-7H2/t14-,15+,16-/m0/s1. The summed E-state index contributed by atoms with van der Waals surface area (Å²) in [7, 11) is 0. The van der Waals surface area contributed by atoms with Gasteiger partial charge in [0.25, 0.3) is 0 Å². The quantitative estimate of drug-likeness (QED) is 0.903. The van der Waals surface area contributed by atoms with Gasteiger partial charge in [0.05, 0.1) is 6.10 Å². The average Bonchev–Trinajstić information content (AvgIpc) is 2.97. The van der Waals surface area contributed by atoms with E-state index in [0.717, 1.165) is 18.4 Å². The molecule has 0 spiro atoms. The maximum absolute atomic E-state index is 13.2. The molecule has 0 unspecified atom stereocenters. The molecule has 104 valence electrons. The molecule has 0 aliphatic carbocycles. The van der Waals surface area contributed by atoms with Crippen LogP contribution in [0.5, 0.6) is 0 Å². The normalized spacial score (nSPS) is 23.7. The van der Waals surface area contributed by atoms with Gasteiger partial charge in [-0.2, -0.15) is 0 Å². The lowest BCUT2D eigenvalue weighted by Gasteiger charge is -2.20. The molecule has 0 radical (unpaired) electrons. The molecule has 3 rings (SSSR count). The van der Waals surface area contributed by atoms with Crippen molar-refractivity contribution in [1.82, 2.24) is 10.3 Å². The summed E-state index contributed by atoms with van der Waals surface area (Å²) in [6.45, 7) is 0. The summed E-state index contributed by atoms with van der Waals surface area (Å²) in [5.41, 5.74) is 1.75.